The molecule has 0 bridgehead atoms. The van der Waals surface area contributed by atoms with Crippen LogP contribution in [-0.2, 0) is 4.79 Å². The van der Waals surface area contributed by atoms with Gasteiger partial charge >= 0.3 is 0 Å². The van der Waals surface area contributed by atoms with Gasteiger partial charge < -0.3 is 9.73 Å². The molecule has 4 rings (SSSR count). The fourth-order valence-corrected chi connectivity index (χ4v) is 3.09. The SMILES string of the molecule is O=C(NC1CC1)[C@@H](N[C@H](c1ccccc1)c1ccco1)c1ccccc1. The van der Waals surface area contributed by atoms with Crippen LogP contribution in [0.2, 0.25) is 0 Å². The van der Waals surface area contributed by atoms with E-state index in [9.17, 15) is 4.79 Å². The maximum atomic E-state index is 12.9. The van der Waals surface area contributed by atoms with Crippen molar-refractivity contribution in [1.82, 2.24) is 10.6 Å². The van der Waals surface area contributed by atoms with Gasteiger partial charge in [0, 0.05) is 6.04 Å². The first-order valence-corrected chi connectivity index (χ1v) is 9.01. The predicted molar refractivity (Wildman–Crippen MR) is 100 cm³/mol. The molecule has 1 aliphatic rings. The number of hydrogen-bond acceptors (Lipinski definition) is 3. The molecule has 0 saturated heterocycles. The average molecular weight is 346 g/mol. The zero-order valence-corrected chi connectivity index (χ0v) is 14.5. The highest BCUT2D eigenvalue weighted by atomic mass is 16.3. The lowest BCUT2D eigenvalue weighted by molar-refractivity contribution is -0.123. The summed E-state index contributed by atoms with van der Waals surface area (Å²) in [6, 6.07) is 23.4. The second-order valence-electron chi connectivity index (χ2n) is 6.65. The number of carbonyl (C=O) groups excluding carboxylic acids is 1. The summed E-state index contributed by atoms with van der Waals surface area (Å²) < 4.78 is 5.67. The Morgan fingerprint density at radius 3 is 2.12 bits per heavy atom. The van der Waals surface area contributed by atoms with Crippen LogP contribution in [0, 0.1) is 0 Å². The summed E-state index contributed by atoms with van der Waals surface area (Å²) in [4.78, 5) is 12.9. The molecule has 1 heterocycles. The highest BCUT2D eigenvalue weighted by Gasteiger charge is 2.31. The molecule has 4 heteroatoms. The molecule has 2 atom stereocenters. The Kier molecular flexibility index (Phi) is 4.84. The Labute approximate surface area is 153 Å². The van der Waals surface area contributed by atoms with Crippen LogP contribution >= 0.6 is 0 Å². The first-order chi connectivity index (χ1) is 12.8. The third-order valence-corrected chi connectivity index (χ3v) is 4.61. The van der Waals surface area contributed by atoms with E-state index in [2.05, 4.69) is 10.6 Å². The highest BCUT2D eigenvalue weighted by molar-refractivity contribution is 5.83. The summed E-state index contributed by atoms with van der Waals surface area (Å²) in [7, 11) is 0. The molecule has 0 spiro atoms. The number of amides is 1. The maximum absolute atomic E-state index is 12.9. The van der Waals surface area contributed by atoms with E-state index in [-0.39, 0.29) is 11.9 Å². The normalized spacial score (nSPS) is 16.0. The van der Waals surface area contributed by atoms with Gasteiger partial charge in [0.15, 0.2) is 0 Å². The smallest absolute Gasteiger partial charge is 0.241 e. The zero-order valence-electron chi connectivity index (χ0n) is 14.5. The van der Waals surface area contributed by atoms with Crippen molar-refractivity contribution in [2.24, 2.45) is 0 Å². The van der Waals surface area contributed by atoms with Gasteiger partial charge in [-0.3, -0.25) is 10.1 Å². The van der Waals surface area contributed by atoms with Crippen LogP contribution in [0.5, 0.6) is 0 Å². The van der Waals surface area contributed by atoms with E-state index in [4.69, 9.17) is 4.42 Å². The summed E-state index contributed by atoms with van der Waals surface area (Å²) in [6.07, 6.45) is 3.79. The number of furan rings is 1. The predicted octanol–water partition coefficient (Wildman–Crippen LogP) is 3.98. The third-order valence-electron chi connectivity index (χ3n) is 4.61. The molecule has 0 unspecified atom stereocenters. The van der Waals surface area contributed by atoms with E-state index in [1.165, 1.54) is 0 Å². The van der Waals surface area contributed by atoms with Gasteiger partial charge in [0.2, 0.25) is 5.91 Å². The van der Waals surface area contributed by atoms with E-state index < -0.39 is 6.04 Å². The molecule has 1 fully saturated rings. The van der Waals surface area contributed by atoms with E-state index in [1.807, 2.05) is 72.8 Å². The molecule has 0 aliphatic heterocycles. The van der Waals surface area contributed by atoms with Crippen LogP contribution in [-0.4, -0.2) is 11.9 Å². The minimum Gasteiger partial charge on any atom is -0.467 e. The molecule has 2 N–H and O–H groups in total. The van der Waals surface area contributed by atoms with Gasteiger partial charge in [0.1, 0.15) is 11.8 Å². The van der Waals surface area contributed by atoms with Crippen molar-refractivity contribution < 1.29 is 9.21 Å². The maximum Gasteiger partial charge on any atom is 0.241 e. The zero-order chi connectivity index (χ0) is 17.8. The molecule has 1 aromatic heterocycles. The highest BCUT2D eigenvalue weighted by Crippen LogP contribution is 2.28. The van der Waals surface area contributed by atoms with E-state index in [0.717, 1.165) is 29.7 Å². The summed E-state index contributed by atoms with van der Waals surface area (Å²) >= 11 is 0. The van der Waals surface area contributed by atoms with Gasteiger partial charge in [-0.2, -0.15) is 0 Å². The minimum absolute atomic E-state index is 0.00573. The first kappa shape index (κ1) is 16.6. The van der Waals surface area contributed by atoms with Crippen molar-refractivity contribution in [1.29, 1.82) is 0 Å². The van der Waals surface area contributed by atoms with E-state index >= 15 is 0 Å². The van der Waals surface area contributed by atoms with Crippen molar-refractivity contribution in [3.05, 3.63) is 95.9 Å². The monoisotopic (exact) mass is 346 g/mol. The van der Waals surface area contributed by atoms with Gasteiger partial charge in [-0.15, -0.1) is 0 Å². The van der Waals surface area contributed by atoms with Gasteiger partial charge in [0.05, 0.1) is 12.3 Å². The van der Waals surface area contributed by atoms with Crippen molar-refractivity contribution in [3.8, 4) is 0 Å². The summed E-state index contributed by atoms with van der Waals surface area (Å²) in [6.45, 7) is 0. The Morgan fingerprint density at radius 1 is 0.885 bits per heavy atom. The molecular weight excluding hydrogens is 324 g/mol. The van der Waals surface area contributed by atoms with Crippen molar-refractivity contribution in [3.63, 3.8) is 0 Å². The second-order valence-corrected chi connectivity index (χ2v) is 6.65. The first-order valence-electron chi connectivity index (χ1n) is 9.01. The summed E-state index contributed by atoms with van der Waals surface area (Å²) in [5, 5.41) is 6.64. The topological polar surface area (TPSA) is 54.3 Å². The van der Waals surface area contributed by atoms with Crippen molar-refractivity contribution >= 4 is 5.91 Å². The standard InChI is InChI=1S/C22H22N2O2/c25-22(23-18-13-14-18)21(17-10-5-2-6-11-17)24-20(19-12-7-15-26-19)16-8-3-1-4-9-16/h1-12,15,18,20-21,24H,13-14H2,(H,23,25)/t20-,21+/m1/s1. The van der Waals surface area contributed by atoms with Crippen LogP contribution in [0.15, 0.2) is 83.5 Å². The quantitative estimate of drug-likeness (QED) is 0.680. The molecule has 3 aromatic rings. The van der Waals surface area contributed by atoms with Gasteiger partial charge in [-0.25, -0.2) is 0 Å². The Hall–Kier alpha value is -2.85. The lowest BCUT2D eigenvalue weighted by atomic mass is 10.00. The van der Waals surface area contributed by atoms with E-state index in [0.29, 0.717) is 6.04 Å². The lowest BCUT2D eigenvalue weighted by Gasteiger charge is -2.25. The van der Waals surface area contributed by atoms with Crippen LogP contribution in [0.4, 0.5) is 0 Å². The van der Waals surface area contributed by atoms with Crippen molar-refractivity contribution in [2.45, 2.75) is 31.0 Å². The van der Waals surface area contributed by atoms with Crippen LogP contribution in [0.1, 0.15) is 41.8 Å². The Morgan fingerprint density at radius 2 is 1.54 bits per heavy atom. The fourth-order valence-electron chi connectivity index (χ4n) is 3.09. The average Bonchev–Trinajstić information content (AvgIpc) is 3.33. The lowest BCUT2D eigenvalue weighted by Crippen LogP contribution is -2.40. The van der Waals surface area contributed by atoms with Gasteiger partial charge in [-0.1, -0.05) is 60.7 Å². The molecule has 26 heavy (non-hydrogen) atoms. The van der Waals surface area contributed by atoms with Gasteiger partial charge in [-0.05, 0) is 36.1 Å². The number of nitrogens with one attached hydrogen (secondary N) is 2. The Balaban J connectivity index is 1.66. The van der Waals surface area contributed by atoms with E-state index in [1.54, 1.807) is 6.26 Å². The number of carbonyl (C=O) groups is 1. The third kappa shape index (κ3) is 3.86. The largest absolute Gasteiger partial charge is 0.467 e. The Bertz CT molecular complexity index is 827. The molecule has 1 amide bonds. The minimum atomic E-state index is -0.452. The number of benzene rings is 2. The molecule has 1 saturated carbocycles. The summed E-state index contributed by atoms with van der Waals surface area (Å²) in [5.74, 6) is 0.794. The second kappa shape index (κ2) is 7.58. The number of rotatable bonds is 7. The van der Waals surface area contributed by atoms with Crippen molar-refractivity contribution in [2.75, 3.05) is 0 Å². The molecule has 0 radical (unpaired) electrons. The summed E-state index contributed by atoms with van der Waals surface area (Å²) in [5.41, 5.74) is 2.00. The number of hydrogen-bond donors (Lipinski definition) is 2. The fraction of sp³-hybridized carbons (Fsp3) is 0.227. The van der Waals surface area contributed by atoms with Crippen LogP contribution in [0.25, 0.3) is 0 Å². The molecule has 1 aliphatic carbocycles. The molecule has 2 aromatic carbocycles. The molecule has 4 nitrogen and oxygen atoms in total. The van der Waals surface area contributed by atoms with Crippen LogP contribution in [0.3, 0.4) is 0 Å². The molecule has 132 valence electrons. The van der Waals surface area contributed by atoms with Crippen LogP contribution < -0.4 is 10.6 Å². The van der Waals surface area contributed by atoms with Gasteiger partial charge in [0.25, 0.3) is 0 Å². The molecular formula is C22H22N2O2.